The first kappa shape index (κ1) is 19.8. The van der Waals surface area contributed by atoms with E-state index in [9.17, 15) is 4.79 Å². The highest BCUT2D eigenvalue weighted by molar-refractivity contribution is 5.95. The molecule has 0 unspecified atom stereocenters. The van der Waals surface area contributed by atoms with Crippen molar-refractivity contribution in [3.8, 4) is 0 Å². The number of carbonyl (C=O) groups excluding carboxylic acids is 1. The number of benzene rings is 2. The number of carbonyl (C=O) groups is 1. The van der Waals surface area contributed by atoms with Crippen molar-refractivity contribution in [3.05, 3.63) is 65.2 Å². The standard InChI is InChI=1S/C28H35NO/c1-19-5-7-23(8-6-19)27-14-20-13-21(15-27)17-28(16-20,18-27)25(30)29-24-11-9-22(10-12-24)26(2,3)4/h5-12,20-21H,13-18H2,1-4H3,(H,29,30)/t20-,21-,27?,28?/m1/s1. The van der Waals surface area contributed by atoms with E-state index in [1.165, 1.54) is 36.0 Å². The van der Waals surface area contributed by atoms with Gasteiger partial charge in [-0.3, -0.25) is 4.79 Å². The second kappa shape index (κ2) is 6.70. The molecule has 30 heavy (non-hydrogen) atoms. The molecule has 4 saturated carbocycles. The minimum Gasteiger partial charge on any atom is -0.326 e. The number of hydrogen-bond acceptors (Lipinski definition) is 1. The highest BCUT2D eigenvalue weighted by Gasteiger charge is 2.60. The second-order valence-electron chi connectivity index (χ2n) is 11.7. The van der Waals surface area contributed by atoms with Crippen LogP contribution in [0.5, 0.6) is 0 Å². The first-order valence-electron chi connectivity index (χ1n) is 11.7. The Bertz CT molecular complexity index is 934. The van der Waals surface area contributed by atoms with Crippen LogP contribution in [0.25, 0.3) is 0 Å². The van der Waals surface area contributed by atoms with Crippen molar-refractivity contribution in [2.24, 2.45) is 17.3 Å². The summed E-state index contributed by atoms with van der Waals surface area (Å²) in [6.07, 6.45) is 7.01. The highest BCUT2D eigenvalue weighted by atomic mass is 16.2. The summed E-state index contributed by atoms with van der Waals surface area (Å²) in [4.78, 5) is 13.7. The third kappa shape index (κ3) is 3.29. The van der Waals surface area contributed by atoms with Gasteiger partial charge in [-0.25, -0.2) is 0 Å². The first-order valence-corrected chi connectivity index (χ1v) is 11.7. The molecule has 2 nitrogen and oxygen atoms in total. The molecule has 1 amide bonds. The molecule has 6 rings (SSSR count). The van der Waals surface area contributed by atoms with Crippen LogP contribution < -0.4 is 5.32 Å². The first-order chi connectivity index (χ1) is 14.2. The van der Waals surface area contributed by atoms with Crippen LogP contribution in [0.2, 0.25) is 0 Å². The Morgan fingerprint density at radius 2 is 1.50 bits per heavy atom. The molecule has 0 heterocycles. The van der Waals surface area contributed by atoms with E-state index in [1.807, 2.05) is 0 Å². The van der Waals surface area contributed by atoms with E-state index in [0.717, 1.165) is 24.9 Å². The summed E-state index contributed by atoms with van der Waals surface area (Å²) in [5, 5.41) is 3.32. The average Bonchev–Trinajstić information content (AvgIpc) is 2.67. The molecule has 2 aromatic carbocycles. The topological polar surface area (TPSA) is 29.1 Å². The Labute approximate surface area is 181 Å². The van der Waals surface area contributed by atoms with Crippen LogP contribution in [-0.4, -0.2) is 5.91 Å². The molecule has 0 aromatic heterocycles. The molecule has 2 aromatic rings. The minimum absolute atomic E-state index is 0.128. The van der Waals surface area contributed by atoms with Crippen LogP contribution in [0.1, 0.15) is 76.0 Å². The molecule has 1 N–H and O–H groups in total. The van der Waals surface area contributed by atoms with Crippen LogP contribution in [0.4, 0.5) is 5.69 Å². The molecule has 2 atom stereocenters. The summed E-state index contributed by atoms with van der Waals surface area (Å²) < 4.78 is 0. The van der Waals surface area contributed by atoms with Gasteiger partial charge in [-0.05, 0) is 91.4 Å². The van der Waals surface area contributed by atoms with Gasteiger partial charge < -0.3 is 5.32 Å². The lowest BCUT2D eigenvalue weighted by Gasteiger charge is -2.61. The smallest absolute Gasteiger partial charge is 0.230 e. The monoisotopic (exact) mass is 401 g/mol. The van der Waals surface area contributed by atoms with Crippen LogP contribution in [0, 0.1) is 24.2 Å². The Hall–Kier alpha value is -2.09. The Balaban J connectivity index is 1.41. The van der Waals surface area contributed by atoms with Gasteiger partial charge in [-0.2, -0.15) is 0 Å². The highest BCUT2D eigenvalue weighted by Crippen LogP contribution is 2.66. The van der Waals surface area contributed by atoms with Crippen molar-refractivity contribution in [1.29, 1.82) is 0 Å². The van der Waals surface area contributed by atoms with Crippen molar-refractivity contribution >= 4 is 11.6 Å². The average molecular weight is 402 g/mol. The molecular formula is C28H35NO. The molecule has 4 aliphatic rings. The van der Waals surface area contributed by atoms with Gasteiger partial charge in [0.25, 0.3) is 0 Å². The summed E-state index contributed by atoms with van der Waals surface area (Å²) in [7, 11) is 0. The number of hydrogen-bond donors (Lipinski definition) is 1. The maximum atomic E-state index is 13.7. The van der Waals surface area contributed by atoms with Gasteiger partial charge in [0.2, 0.25) is 5.91 Å². The van der Waals surface area contributed by atoms with Crippen molar-refractivity contribution in [2.45, 2.75) is 77.0 Å². The third-order valence-electron chi connectivity index (χ3n) is 8.22. The number of nitrogens with one attached hydrogen (secondary N) is 1. The lowest BCUT2D eigenvalue weighted by Crippen LogP contribution is -2.57. The van der Waals surface area contributed by atoms with Gasteiger partial charge in [0.05, 0.1) is 5.41 Å². The summed E-state index contributed by atoms with van der Waals surface area (Å²) in [6, 6.07) is 17.6. The van der Waals surface area contributed by atoms with E-state index in [1.54, 1.807) is 0 Å². The van der Waals surface area contributed by atoms with Gasteiger partial charge in [0.15, 0.2) is 0 Å². The number of aryl methyl sites for hydroxylation is 1. The molecular weight excluding hydrogens is 366 g/mol. The number of amides is 1. The lowest BCUT2D eigenvalue weighted by molar-refractivity contribution is -0.143. The van der Waals surface area contributed by atoms with Gasteiger partial charge in [-0.15, -0.1) is 0 Å². The van der Waals surface area contributed by atoms with E-state index >= 15 is 0 Å². The van der Waals surface area contributed by atoms with Crippen molar-refractivity contribution < 1.29 is 4.79 Å². The lowest BCUT2D eigenvalue weighted by atomic mass is 9.42. The predicted molar refractivity (Wildman–Crippen MR) is 124 cm³/mol. The largest absolute Gasteiger partial charge is 0.326 e. The molecule has 158 valence electrons. The van der Waals surface area contributed by atoms with E-state index in [-0.39, 0.29) is 22.2 Å². The molecule has 0 saturated heterocycles. The van der Waals surface area contributed by atoms with Gasteiger partial charge in [0, 0.05) is 5.69 Å². The Morgan fingerprint density at radius 1 is 0.900 bits per heavy atom. The van der Waals surface area contributed by atoms with E-state index < -0.39 is 0 Å². The summed E-state index contributed by atoms with van der Waals surface area (Å²) in [5.74, 6) is 1.65. The van der Waals surface area contributed by atoms with Gasteiger partial charge >= 0.3 is 0 Å². The predicted octanol–water partition coefficient (Wildman–Crippen LogP) is 6.77. The van der Waals surface area contributed by atoms with Crippen LogP contribution in [-0.2, 0) is 15.6 Å². The van der Waals surface area contributed by atoms with Gasteiger partial charge in [-0.1, -0.05) is 62.7 Å². The van der Waals surface area contributed by atoms with Crippen molar-refractivity contribution in [3.63, 3.8) is 0 Å². The normalized spacial score (nSPS) is 32.3. The second-order valence-corrected chi connectivity index (χ2v) is 11.7. The molecule has 4 bridgehead atoms. The molecule has 0 spiro atoms. The maximum absolute atomic E-state index is 13.7. The fourth-order valence-electron chi connectivity index (χ4n) is 7.09. The number of rotatable bonds is 3. The molecule has 0 radical (unpaired) electrons. The Morgan fingerprint density at radius 3 is 2.07 bits per heavy atom. The van der Waals surface area contributed by atoms with Crippen LogP contribution >= 0.6 is 0 Å². The molecule has 4 fully saturated rings. The molecule has 0 aliphatic heterocycles. The SMILES string of the molecule is Cc1ccc(C23C[C@H]4C[C@@H](CC(C(=O)Nc5ccc(C(C)(C)C)cc5)(C4)C2)C3)cc1. The van der Waals surface area contributed by atoms with Gasteiger partial charge in [0.1, 0.15) is 0 Å². The fraction of sp³-hybridized carbons (Fsp3) is 0.536. The van der Waals surface area contributed by atoms with Crippen molar-refractivity contribution in [1.82, 2.24) is 0 Å². The molecule has 2 heteroatoms. The summed E-state index contributed by atoms with van der Waals surface area (Å²) >= 11 is 0. The maximum Gasteiger partial charge on any atom is 0.230 e. The summed E-state index contributed by atoms with van der Waals surface area (Å²) in [6.45, 7) is 8.82. The fourth-order valence-corrected chi connectivity index (χ4v) is 7.09. The zero-order chi connectivity index (χ0) is 21.1. The minimum atomic E-state index is -0.197. The van der Waals surface area contributed by atoms with E-state index in [0.29, 0.717) is 11.8 Å². The Kier molecular flexibility index (Phi) is 4.44. The summed E-state index contributed by atoms with van der Waals surface area (Å²) in [5.41, 5.74) is 5.15. The van der Waals surface area contributed by atoms with Crippen LogP contribution in [0.3, 0.4) is 0 Å². The van der Waals surface area contributed by atoms with Crippen LogP contribution in [0.15, 0.2) is 48.5 Å². The zero-order valence-electron chi connectivity index (χ0n) is 18.9. The molecule has 4 aliphatic carbocycles. The quantitative estimate of drug-likeness (QED) is 0.604. The third-order valence-corrected chi connectivity index (χ3v) is 8.22. The van der Waals surface area contributed by atoms with Crippen molar-refractivity contribution in [2.75, 3.05) is 5.32 Å². The van der Waals surface area contributed by atoms with E-state index in [4.69, 9.17) is 0 Å². The number of anilines is 1. The zero-order valence-corrected chi connectivity index (χ0v) is 18.9. The van der Waals surface area contributed by atoms with E-state index in [2.05, 4.69) is 81.5 Å².